The zero-order chi connectivity index (χ0) is 14.5. The Bertz CT molecular complexity index is 747. The molecule has 4 N–H and O–H groups in total. The van der Waals surface area contributed by atoms with Gasteiger partial charge in [-0.2, -0.15) is 0 Å². The molecule has 0 fully saturated rings. The molecule has 102 valence electrons. The predicted molar refractivity (Wildman–Crippen MR) is 74.5 cm³/mol. The second-order valence-electron chi connectivity index (χ2n) is 4.10. The van der Waals surface area contributed by atoms with Gasteiger partial charge in [-0.05, 0) is 24.6 Å². The SMILES string of the molecule is Cc1ccc(NC(=O)c2c[nH]c(=O)[nH]2)cc1C#CCO. The maximum atomic E-state index is 11.9. The highest BCUT2D eigenvalue weighted by Gasteiger charge is 2.08. The quantitative estimate of drug-likeness (QED) is 0.602. The number of amides is 1. The number of carbonyl (C=O) groups excluding carboxylic acids is 1. The molecule has 0 saturated heterocycles. The lowest BCUT2D eigenvalue weighted by Crippen LogP contribution is -2.14. The van der Waals surface area contributed by atoms with Crippen LogP contribution in [0.3, 0.4) is 0 Å². The number of nitrogens with one attached hydrogen (secondary N) is 3. The number of aliphatic hydroxyl groups is 1. The van der Waals surface area contributed by atoms with Crippen molar-refractivity contribution in [3.05, 3.63) is 51.7 Å². The van der Waals surface area contributed by atoms with E-state index in [0.717, 1.165) is 11.1 Å². The number of aromatic nitrogens is 2. The van der Waals surface area contributed by atoms with Crippen LogP contribution in [0.4, 0.5) is 5.69 Å². The maximum absolute atomic E-state index is 11.9. The minimum Gasteiger partial charge on any atom is -0.384 e. The first-order valence-corrected chi connectivity index (χ1v) is 5.89. The number of carbonyl (C=O) groups is 1. The van der Waals surface area contributed by atoms with E-state index in [0.29, 0.717) is 5.69 Å². The minimum absolute atomic E-state index is 0.151. The Kier molecular flexibility index (Phi) is 4.03. The number of aliphatic hydroxyl groups excluding tert-OH is 1. The fraction of sp³-hybridized carbons (Fsp3) is 0.143. The third-order valence-corrected chi connectivity index (χ3v) is 2.64. The Hall–Kier alpha value is -2.78. The summed E-state index contributed by atoms with van der Waals surface area (Å²) >= 11 is 0. The van der Waals surface area contributed by atoms with Gasteiger partial charge in [0.2, 0.25) is 0 Å². The summed E-state index contributed by atoms with van der Waals surface area (Å²) in [6.45, 7) is 1.66. The fourth-order valence-corrected chi connectivity index (χ4v) is 1.62. The molecule has 1 amide bonds. The Morgan fingerprint density at radius 3 is 2.90 bits per heavy atom. The Morgan fingerprint density at radius 2 is 2.25 bits per heavy atom. The lowest BCUT2D eigenvalue weighted by atomic mass is 10.1. The molecule has 0 bridgehead atoms. The van der Waals surface area contributed by atoms with Crippen molar-refractivity contribution in [1.29, 1.82) is 0 Å². The first kappa shape index (κ1) is 13.6. The van der Waals surface area contributed by atoms with Crippen LogP contribution in [-0.4, -0.2) is 27.6 Å². The molecule has 1 heterocycles. The van der Waals surface area contributed by atoms with Crippen LogP contribution in [0.2, 0.25) is 0 Å². The summed E-state index contributed by atoms with van der Waals surface area (Å²) in [6, 6.07) is 5.26. The molecule has 1 aromatic carbocycles. The summed E-state index contributed by atoms with van der Waals surface area (Å²) in [7, 11) is 0. The molecule has 0 aliphatic rings. The van der Waals surface area contributed by atoms with Crippen LogP contribution in [0.15, 0.2) is 29.2 Å². The third kappa shape index (κ3) is 3.16. The fourth-order valence-electron chi connectivity index (χ4n) is 1.62. The van der Waals surface area contributed by atoms with E-state index in [1.807, 2.05) is 13.0 Å². The van der Waals surface area contributed by atoms with E-state index in [1.165, 1.54) is 6.20 Å². The van der Waals surface area contributed by atoms with Crippen molar-refractivity contribution in [2.45, 2.75) is 6.92 Å². The average molecular weight is 271 g/mol. The van der Waals surface area contributed by atoms with Gasteiger partial charge in [0.25, 0.3) is 5.91 Å². The molecule has 0 aliphatic carbocycles. The zero-order valence-corrected chi connectivity index (χ0v) is 10.8. The third-order valence-electron chi connectivity index (χ3n) is 2.64. The predicted octanol–water partition coefficient (Wildman–Crippen LogP) is 0.608. The molecule has 0 aliphatic heterocycles. The minimum atomic E-state index is -0.437. The number of hydrogen-bond donors (Lipinski definition) is 4. The molecule has 6 nitrogen and oxygen atoms in total. The van der Waals surface area contributed by atoms with Crippen molar-refractivity contribution < 1.29 is 9.90 Å². The number of aryl methyl sites for hydroxylation is 1. The van der Waals surface area contributed by atoms with Crippen molar-refractivity contribution >= 4 is 11.6 Å². The van der Waals surface area contributed by atoms with E-state index in [1.54, 1.807) is 12.1 Å². The van der Waals surface area contributed by atoms with Gasteiger partial charge in [-0.1, -0.05) is 17.9 Å². The summed E-state index contributed by atoms with van der Waals surface area (Å²) in [4.78, 5) is 27.5. The van der Waals surface area contributed by atoms with Gasteiger partial charge in [0, 0.05) is 17.4 Å². The van der Waals surface area contributed by atoms with Crippen molar-refractivity contribution in [3.63, 3.8) is 0 Å². The summed E-state index contributed by atoms with van der Waals surface area (Å²) in [6.07, 6.45) is 1.30. The standard InChI is InChI=1S/C14H13N3O3/c1-9-4-5-11(7-10(9)3-2-6-18)16-13(19)12-8-15-14(20)17-12/h4-5,7-8,18H,6H2,1H3,(H,16,19)(H2,15,17,20). The largest absolute Gasteiger partial charge is 0.384 e. The van der Waals surface area contributed by atoms with Crippen LogP contribution in [0, 0.1) is 18.8 Å². The van der Waals surface area contributed by atoms with E-state index in [2.05, 4.69) is 27.1 Å². The van der Waals surface area contributed by atoms with Crippen LogP contribution in [0.5, 0.6) is 0 Å². The molecule has 20 heavy (non-hydrogen) atoms. The zero-order valence-electron chi connectivity index (χ0n) is 10.8. The lowest BCUT2D eigenvalue weighted by Gasteiger charge is -2.06. The highest BCUT2D eigenvalue weighted by atomic mass is 16.2. The summed E-state index contributed by atoms with van der Waals surface area (Å²) in [5.41, 5.74) is 1.94. The van der Waals surface area contributed by atoms with Gasteiger partial charge in [0.1, 0.15) is 12.3 Å². The molecule has 0 radical (unpaired) electrons. The van der Waals surface area contributed by atoms with Gasteiger partial charge < -0.3 is 20.4 Å². The number of hydrogen-bond acceptors (Lipinski definition) is 3. The molecular weight excluding hydrogens is 258 g/mol. The first-order chi connectivity index (χ1) is 9.60. The van der Waals surface area contributed by atoms with Gasteiger partial charge in [0.05, 0.1) is 0 Å². The Balaban J connectivity index is 2.21. The molecule has 0 unspecified atom stereocenters. The van der Waals surface area contributed by atoms with Gasteiger partial charge in [-0.3, -0.25) is 4.79 Å². The molecule has 0 saturated carbocycles. The smallest absolute Gasteiger partial charge is 0.323 e. The summed E-state index contributed by atoms with van der Waals surface area (Å²) in [5, 5.41) is 11.4. The molecule has 2 rings (SSSR count). The molecule has 0 atom stereocenters. The first-order valence-electron chi connectivity index (χ1n) is 5.89. The summed E-state index contributed by atoms with van der Waals surface area (Å²) < 4.78 is 0. The normalized spacial score (nSPS) is 9.70. The van der Waals surface area contributed by atoms with E-state index in [4.69, 9.17) is 5.11 Å². The van der Waals surface area contributed by atoms with Crippen LogP contribution in [0.25, 0.3) is 0 Å². The summed E-state index contributed by atoms with van der Waals surface area (Å²) in [5.74, 6) is 4.94. The number of rotatable bonds is 2. The maximum Gasteiger partial charge on any atom is 0.323 e. The molecule has 6 heteroatoms. The monoisotopic (exact) mass is 271 g/mol. The highest BCUT2D eigenvalue weighted by molar-refractivity contribution is 6.02. The van der Waals surface area contributed by atoms with Gasteiger partial charge in [0.15, 0.2) is 0 Å². The second kappa shape index (κ2) is 5.91. The van der Waals surface area contributed by atoms with Gasteiger partial charge in [-0.25, -0.2) is 4.79 Å². The highest BCUT2D eigenvalue weighted by Crippen LogP contribution is 2.15. The van der Waals surface area contributed by atoms with Crippen LogP contribution in [0.1, 0.15) is 21.6 Å². The van der Waals surface area contributed by atoms with Crippen molar-refractivity contribution in [3.8, 4) is 11.8 Å². The van der Waals surface area contributed by atoms with E-state index in [9.17, 15) is 9.59 Å². The van der Waals surface area contributed by atoms with E-state index < -0.39 is 11.6 Å². The lowest BCUT2D eigenvalue weighted by molar-refractivity contribution is 0.102. The van der Waals surface area contributed by atoms with E-state index >= 15 is 0 Å². The number of imidazole rings is 1. The van der Waals surface area contributed by atoms with Crippen molar-refractivity contribution in [2.24, 2.45) is 0 Å². The van der Waals surface area contributed by atoms with Crippen molar-refractivity contribution in [2.75, 3.05) is 11.9 Å². The molecule has 0 spiro atoms. The number of benzene rings is 1. The Morgan fingerprint density at radius 1 is 1.45 bits per heavy atom. The van der Waals surface area contributed by atoms with E-state index in [-0.39, 0.29) is 12.3 Å². The van der Waals surface area contributed by atoms with Gasteiger partial charge in [-0.15, -0.1) is 0 Å². The van der Waals surface area contributed by atoms with Crippen LogP contribution >= 0.6 is 0 Å². The van der Waals surface area contributed by atoms with Gasteiger partial charge >= 0.3 is 5.69 Å². The molecule has 2 aromatic rings. The Labute approximate surface area is 114 Å². The molecule has 1 aromatic heterocycles. The van der Waals surface area contributed by atoms with Crippen LogP contribution in [-0.2, 0) is 0 Å². The number of anilines is 1. The topological polar surface area (TPSA) is 98.0 Å². The van der Waals surface area contributed by atoms with Crippen LogP contribution < -0.4 is 11.0 Å². The second-order valence-corrected chi connectivity index (χ2v) is 4.10. The number of H-pyrrole nitrogens is 2. The number of aromatic amines is 2. The molecular formula is C14H13N3O3. The van der Waals surface area contributed by atoms with Crippen molar-refractivity contribution in [1.82, 2.24) is 9.97 Å². The average Bonchev–Trinajstić information content (AvgIpc) is 2.86.